The highest BCUT2D eigenvalue weighted by atomic mass is 19.4. The number of aromatic nitrogens is 1. The normalized spacial score (nSPS) is 16.9. The van der Waals surface area contributed by atoms with Crippen molar-refractivity contribution in [2.75, 3.05) is 26.2 Å². The van der Waals surface area contributed by atoms with Gasteiger partial charge in [-0.15, -0.1) is 13.2 Å². The van der Waals surface area contributed by atoms with E-state index in [1.54, 1.807) is 0 Å². The van der Waals surface area contributed by atoms with Crippen LogP contribution in [-0.2, 0) is 29.1 Å². The molecule has 208 valence electrons. The Hall–Kier alpha value is -3.60. The number of piperidine rings is 1. The molecule has 1 fully saturated rings. The maximum absolute atomic E-state index is 14.4. The number of carbonyl (C=O) groups is 2. The number of hydrogen-bond donors (Lipinski definition) is 1. The highest BCUT2D eigenvalue weighted by Gasteiger charge is 2.33. The van der Waals surface area contributed by atoms with E-state index in [2.05, 4.69) is 9.64 Å². The largest absolute Gasteiger partial charge is 0.573 e. The number of alkyl halides is 3. The van der Waals surface area contributed by atoms with Crippen LogP contribution >= 0.6 is 0 Å². The van der Waals surface area contributed by atoms with Gasteiger partial charge in [0.2, 0.25) is 5.91 Å². The molecular weight excluding hydrogens is 518 g/mol. The zero-order valence-electron chi connectivity index (χ0n) is 21.2. The molecule has 0 saturated carbocycles. The van der Waals surface area contributed by atoms with Crippen molar-refractivity contribution in [1.82, 2.24) is 14.4 Å². The minimum atomic E-state index is -4.98. The Morgan fingerprint density at radius 1 is 1.05 bits per heavy atom. The molecule has 0 spiro atoms. The third-order valence-electron chi connectivity index (χ3n) is 7.61. The summed E-state index contributed by atoms with van der Waals surface area (Å²) >= 11 is 0. The Balaban J connectivity index is 1.33. The summed E-state index contributed by atoms with van der Waals surface area (Å²) in [6.45, 7) is 2.79. The van der Waals surface area contributed by atoms with Gasteiger partial charge in [0, 0.05) is 36.1 Å². The number of carbonyl (C=O) groups excluding carboxylic acids is 1. The Kier molecular flexibility index (Phi) is 7.53. The van der Waals surface area contributed by atoms with E-state index in [9.17, 15) is 27.2 Å². The first-order valence-electron chi connectivity index (χ1n) is 12.9. The van der Waals surface area contributed by atoms with Gasteiger partial charge in [0.25, 0.3) is 0 Å². The first-order chi connectivity index (χ1) is 18.6. The van der Waals surface area contributed by atoms with Gasteiger partial charge in [-0.05, 0) is 67.6 Å². The fourth-order valence-corrected chi connectivity index (χ4v) is 5.71. The van der Waals surface area contributed by atoms with Crippen molar-refractivity contribution in [3.05, 3.63) is 65.1 Å². The van der Waals surface area contributed by atoms with E-state index in [1.807, 2.05) is 33.7 Å². The van der Waals surface area contributed by atoms with Crippen molar-refractivity contribution in [2.45, 2.75) is 45.1 Å². The van der Waals surface area contributed by atoms with Gasteiger partial charge >= 0.3 is 12.3 Å². The van der Waals surface area contributed by atoms with E-state index < -0.39 is 23.9 Å². The molecule has 2 aliphatic heterocycles. The standard InChI is InChI=1S/C28H29F4N3O4/c29-22-13-19(5-6-25(22)39-28(30,31)32)15-35-23-4-2-1-3-20(23)21-9-12-34(16-24(21)35)26(36)17-33-10-7-18(8-11-33)14-27(37)38/h1-6,13,18H,7-12,14-17H2,(H,37,38). The third kappa shape index (κ3) is 6.19. The third-order valence-corrected chi connectivity index (χ3v) is 7.61. The van der Waals surface area contributed by atoms with E-state index in [0.29, 0.717) is 38.2 Å². The zero-order chi connectivity index (χ0) is 27.7. The van der Waals surface area contributed by atoms with E-state index in [0.717, 1.165) is 47.1 Å². The Morgan fingerprint density at radius 3 is 2.49 bits per heavy atom. The van der Waals surface area contributed by atoms with Gasteiger partial charge in [-0.25, -0.2) is 4.39 Å². The molecule has 3 heterocycles. The fourth-order valence-electron chi connectivity index (χ4n) is 5.71. The van der Waals surface area contributed by atoms with E-state index >= 15 is 0 Å². The molecule has 1 aromatic heterocycles. The Labute approximate surface area is 222 Å². The van der Waals surface area contributed by atoms with Crippen LogP contribution in [0.2, 0.25) is 0 Å². The topological polar surface area (TPSA) is 75.0 Å². The summed E-state index contributed by atoms with van der Waals surface area (Å²) in [5.41, 5.74) is 3.42. The molecule has 1 N–H and O–H groups in total. The van der Waals surface area contributed by atoms with Crippen LogP contribution in [0, 0.1) is 11.7 Å². The first-order valence-corrected chi connectivity index (χ1v) is 12.9. The average Bonchev–Trinajstić information content (AvgIpc) is 3.19. The Bertz CT molecular complexity index is 1380. The number of ether oxygens (including phenoxy) is 1. The van der Waals surface area contributed by atoms with Crippen molar-refractivity contribution in [1.29, 1.82) is 0 Å². The van der Waals surface area contributed by atoms with Gasteiger partial charge in [0.05, 0.1) is 13.1 Å². The van der Waals surface area contributed by atoms with E-state index in [1.165, 1.54) is 6.07 Å². The first kappa shape index (κ1) is 27.0. The molecule has 2 aromatic carbocycles. The SMILES string of the molecule is O=C(O)CC1CCN(CC(=O)N2CCc3c(n(Cc4ccc(OC(F)(F)F)c(F)c4)c4ccccc34)C2)CC1. The summed E-state index contributed by atoms with van der Waals surface area (Å²) in [5, 5.41) is 10.1. The molecule has 0 unspecified atom stereocenters. The van der Waals surface area contributed by atoms with Crippen LogP contribution in [0.5, 0.6) is 5.75 Å². The number of rotatable bonds is 7. The number of aliphatic carboxylic acids is 1. The van der Waals surface area contributed by atoms with Crippen molar-refractivity contribution in [3.8, 4) is 5.75 Å². The number of carboxylic acids is 1. The number of likely N-dealkylation sites (tertiary alicyclic amines) is 1. The van der Waals surface area contributed by atoms with Gasteiger partial charge in [0.15, 0.2) is 11.6 Å². The quantitative estimate of drug-likeness (QED) is 0.431. The van der Waals surface area contributed by atoms with Crippen LogP contribution in [0.3, 0.4) is 0 Å². The van der Waals surface area contributed by atoms with Gasteiger partial charge < -0.3 is 19.3 Å². The summed E-state index contributed by atoms with van der Waals surface area (Å²) in [5.74, 6) is -2.64. The molecule has 5 rings (SSSR count). The number of carboxylic acid groups (broad SMARTS) is 1. The second-order valence-electron chi connectivity index (χ2n) is 10.2. The maximum Gasteiger partial charge on any atom is 0.573 e. The van der Waals surface area contributed by atoms with Crippen LogP contribution in [0.4, 0.5) is 17.6 Å². The predicted molar refractivity (Wildman–Crippen MR) is 135 cm³/mol. The molecule has 0 atom stereocenters. The molecule has 3 aromatic rings. The molecule has 39 heavy (non-hydrogen) atoms. The van der Waals surface area contributed by atoms with Crippen molar-refractivity contribution < 1.29 is 37.0 Å². The number of benzene rings is 2. The van der Waals surface area contributed by atoms with E-state index in [4.69, 9.17) is 5.11 Å². The lowest BCUT2D eigenvalue weighted by Crippen LogP contribution is -2.45. The lowest BCUT2D eigenvalue weighted by atomic mass is 9.93. The van der Waals surface area contributed by atoms with Gasteiger partial charge in [0.1, 0.15) is 0 Å². The summed E-state index contributed by atoms with van der Waals surface area (Å²) in [6.07, 6.45) is -2.67. The summed E-state index contributed by atoms with van der Waals surface area (Å²) < 4.78 is 57.8. The zero-order valence-corrected chi connectivity index (χ0v) is 21.2. The number of hydrogen-bond acceptors (Lipinski definition) is 4. The second kappa shape index (κ2) is 10.9. The van der Waals surface area contributed by atoms with Crippen LogP contribution in [0.1, 0.15) is 36.1 Å². The molecule has 1 saturated heterocycles. The second-order valence-corrected chi connectivity index (χ2v) is 10.2. The predicted octanol–water partition coefficient (Wildman–Crippen LogP) is 4.80. The van der Waals surface area contributed by atoms with Crippen LogP contribution in [0.15, 0.2) is 42.5 Å². The molecule has 1 amide bonds. The monoisotopic (exact) mass is 547 g/mol. The molecule has 7 nitrogen and oxygen atoms in total. The molecule has 0 aliphatic carbocycles. The Morgan fingerprint density at radius 2 is 1.79 bits per heavy atom. The van der Waals surface area contributed by atoms with Gasteiger partial charge in [-0.3, -0.25) is 14.5 Å². The fraction of sp³-hybridized carbons (Fsp3) is 0.429. The summed E-state index contributed by atoms with van der Waals surface area (Å²) in [4.78, 5) is 28.1. The lowest BCUT2D eigenvalue weighted by molar-refractivity contribution is -0.275. The average molecular weight is 548 g/mol. The summed E-state index contributed by atoms with van der Waals surface area (Å²) in [7, 11) is 0. The molecule has 2 aliphatic rings. The smallest absolute Gasteiger partial charge is 0.481 e. The maximum atomic E-state index is 14.4. The number of nitrogens with zero attached hydrogens (tertiary/aromatic N) is 3. The van der Waals surface area contributed by atoms with E-state index in [-0.39, 0.29) is 31.3 Å². The number of amides is 1. The molecular formula is C28H29F4N3O4. The highest BCUT2D eigenvalue weighted by Crippen LogP contribution is 2.33. The van der Waals surface area contributed by atoms with Crippen molar-refractivity contribution >= 4 is 22.8 Å². The van der Waals surface area contributed by atoms with Crippen LogP contribution < -0.4 is 4.74 Å². The van der Waals surface area contributed by atoms with Crippen LogP contribution in [0.25, 0.3) is 10.9 Å². The number of halogens is 4. The number of fused-ring (bicyclic) bond motifs is 3. The minimum Gasteiger partial charge on any atom is -0.481 e. The van der Waals surface area contributed by atoms with Crippen molar-refractivity contribution in [3.63, 3.8) is 0 Å². The highest BCUT2D eigenvalue weighted by molar-refractivity contribution is 5.87. The molecule has 11 heteroatoms. The van der Waals surface area contributed by atoms with Gasteiger partial charge in [-0.2, -0.15) is 0 Å². The lowest BCUT2D eigenvalue weighted by Gasteiger charge is -2.34. The number of para-hydroxylation sites is 1. The van der Waals surface area contributed by atoms with Crippen LogP contribution in [-0.4, -0.2) is 63.9 Å². The van der Waals surface area contributed by atoms with Crippen molar-refractivity contribution in [2.24, 2.45) is 5.92 Å². The molecule has 0 radical (unpaired) electrons. The minimum absolute atomic E-state index is 0.00571. The summed E-state index contributed by atoms with van der Waals surface area (Å²) in [6, 6.07) is 11.2. The van der Waals surface area contributed by atoms with Gasteiger partial charge in [-0.1, -0.05) is 24.3 Å². The molecule has 0 bridgehead atoms.